The van der Waals surface area contributed by atoms with Gasteiger partial charge in [0.1, 0.15) is 0 Å². The Morgan fingerprint density at radius 3 is 2.31 bits per heavy atom. The Morgan fingerprint density at radius 1 is 1.00 bits per heavy atom. The number of alkyl halides is 3. The van der Waals surface area contributed by atoms with Gasteiger partial charge in [-0.05, 0) is 37.3 Å². The number of nitrogens with zero attached hydrogens (tertiary/aromatic N) is 2. The zero-order valence-corrected chi connectivity index (χ0v) is 19.8. The maximum Gasteiger partial charge on any atom is 0.416 e. The van der Waals surface area contributed by atoms with E-state index >= 15 is 0 Å². The van der Waals surface area contributed by atoms with Crippen molar-refractivity contribution in [1.29, 1.82) is 0 Å². The highest BCUT2D eigenvalue weighted by atomic mass is 32.2. The number of amides is 1. The van der Waals surface area contributed by atoms with E-state index in [0.717, 1.165) is 34.6 Å². The second-order valence-corrected chi connectivity index (χ2v) is 9.21. The minimum Gasteiger partial charge on any atom is -0.298 e. The number of halogens is 3. The summed E-state index contributed by atoms with van der Waals surface area (Å²) in [5.74, 6) is -0.795. The molecule has 11 heteroatoms. The van der Waals surface area contributed by atoms with E-state index in [1.807, 2.05) is 30.3 Å². The van der Waals surface area contributed by atoms with E-state index < -0.39 is 34.2 Å². The molecule has 3 aromatic carbocycles. The molecule has 0 unspecified atom stereocenters. The van der Waals surface area contributed by atoms with Crippen molar-refractivity contribution >= 4 is 44.6 Å². The van der Waals surface area contributed by atoms with Gasteiger partial charge in [-0.25, -0.2) is 17.7 Å². The average molecular weight is 518 g/mol. The van der Waals surface area contributed by atoms with Crippen LogP contribution in [0.2, 0.25) is 0 Å². The number of rotatable bonds is 6. The topological polar surface area (TPSA) is 79.4 Å². The molecule has 0 radical (unpaired) electrons. The molecule has 4 rings (SSSR count). The summed E-state index contributed by atoms with van der Waals surface area (Å²) in [5.41, 5.74) is 0.608. The number of anilines is 3. The van der Waals surface area contributed by atoms with Crippen molar-refractivity contribution < 1.29 is 26.4 Å². The third kappa shape index (κ3) is 5.52. The van der Waals surface area contributed by atoms with Crippen molar-refractivity contribution in [3.8, 4) is 11.3 Å². The summed E-state index contributed by atoms with van der Waals surface area (Å²) < 4.78 is 65.4. The molecule has 0 saturated carbocycles. The lowest BCUT2D eigenvalue weighted by Crippen LogP contribution is -2.22. The third-order valence-electron chi connectivity index (χ3n) is 5.03. The zero-order chi connectivity index (χ0) is 25.2. The van der Waals surface area contributed by atoms with Gasteiger partial charge in [0, 0.05) is 10.9 Å². The Balaban J connectivity index is 1.75. The number of thiol groups is 1. The molecule has 4 aromatic rings. The minimum atomic E-state index is -4.74. The monoisotopic (exact) mass is 517 g/mol. The van der Waals surface area contributed by atoms with Gasteiger partial charge >= 0.3 is 6.18 Å². The molecular formula is C24H18F3N3O3S2. The summed E-state index contributed by atoms with van der Waals surface area (Å²) >= 11 is 1.14. The normalized spacial score (nSPS) is 11.5. The van der Waals surface area contributed by atoms with Crippen molar-refractivity contribution in [2.24, 2.45) is 0 Å². The highest BCUT2D eigenvalue weighted by Crippen LogP contribution is 2.37. The molecule has 1 aromatic heterocycles. The smallest absolute Gasteiger partial charge is 0.298 e. The maximum absolute atomic E-state index is 13.5. The lowest BCUT2D eigenvalue weighted by Gasteiger charge is -2.22. The van der Waals surface area contributed by atoms with Crippen LogP contribution in [0, 0.1) is 6.92 Å². The first kappa shape index (κ1) is 24.4. The third-order valence-corrected chi connectivity index (χ3v) is 6.56. The van der Waals surface area contributed by atoms with Crippen molar-refractivity contribution in [1.82, 2.24) is 4.98 Å². The van der Waals surface area contributed by atoms with Crippen molar-refractivity contribution in [3.63, 3.8) is 0 Å². The van der Waals surface area contributed by atoms with Crippen molar-refractivity contribution in [3.05, 3.63) is 94.9 Å². The van der Waals surface area contributed by atoms with Gasteiger partial charge in [0.25, 0.3) is 5.91 Å². The Bertz CT molecular complexity index is 1430. The summed E-state index contributed by atoms with van der Waals surface area (Å²) in [6, 6.07) is 17.7. The fraction of sp³-hybridized carbons (Fsp3) is 0.0833. The van der Waals surface area contributed by atoms with Crippen LogP contribution in [-0.2, 0) is 17.1 Å². The van der Waals surface area contributed by atoms with Crippen molar-refractivity contribution in [2.75, 3.05) is 9.62 Å². The van der Waals surface area contributed by atoms with Gasteiger partial charge in [0.05, 0.1) is 28.2 Å². The van der Waals surface area contributed by atoms with Crippen LogP contribution in [0.15, 0.2) is 78.2 Å². The molecule has 0 atom stereocenters. The van der Waals surface area contributed by atoms with Crippen LogP contribution in [0.3, 0.4) is 0 Å². The first-order valence-corrected chi connectivity index (χ1v) is 12.2. The Hall–Kier alpha value is -3.70. The highest BCUT2D eigenvalue weighted by molar-refractivity contribution is 7.74. The first-order valence-electron chi connectivity index (χ1n) is 10.2. The van der Waals surface area contributed by atoms with Gasteiger partial charge in [0.2, 0.25) is 10.9 Å². The largest absolute Gasteiger partial charge is 0.416 e. The number of carbonyl (C=O) groups excluding carboxylic acids is 1. The fourth-order valence-electron chi connectivity index (χ4n) is 3.32. The summed E-state index contributed by atoms with van der Waals surface area (Å²) in [5, 5.41) is 4.51. The first-order chi connectivity index (χ1) is 16.6. The van der Waals surface area contributed by atoms with E-state index in [9.17, 15) is 26.4 Å². The molecule has 0 fully saturated rings. The fourth-order valence-corrected chi connectivity index (χ4v) is 4.70. The van der Waals surface area contributed by atoms with Crippen LogP contribution in [0.25, 0.3) is 11.3 Å². The molecule has 1 N–H and O–H groups in total. The molecule has 1 amide bonds. The summed E-state index contributed by atoms with van der Waals surface area (Å²) in [6.07, 6.45) is -4.74. The van der Waals surface area contributed by atoms with E-state index in [1.165, 1.54) is 12.1 Å². The molecule has 6 nitrogen and oxygen atoms in total. The summed E-state index contributed by atoms with van der Waals surface area (Å²) in [6.45, 7) is 1.78. The number of benzene rings is 3. The van der Waals surface area contributed by atoms with Crippen molar-refractivity contribution in [2.45, 2.75) is 13.1 Å². The lowest BCUT2D eigenvalue weighted by atomic mass is 10.1. The molecule has 0 spiro atoms. The predicted octanol–water partition coefficient (Wildman–Crippen LogP) is 6.05. The van der Waals surface area contributed by atoms with Crippen LogP contribution in [-0.4, -0.2) is 19.3 Å². The minimum absolute atomic E-state index is 0.0979. The average Bonchev–Trinajstić information content (AvgIpc) is 3.28. The van der Waals surface area contributed by atoms with E-state index in [1.54, 1.807) is 24.4 Å². The SMILES string of the molecule is Cc1ccc(N(c2cc(C(F)(F)F)ccc2C(=O)Nc2nc(-c3ccccc3)cs2)[SH](=O)=O)cc1. The van der Waals surface area contributed by atoms with E-state index in [2.05, 4.69) is 10.3 Å². The molecule has 0 bridgehead atoms. The van der Waals surface area contributed by atoms with Crippen LogP contribution in [0.4, 0.5) is 29.7 Å². The Labute approximate surface area is 204 Å². The number of aromatic nitrogens is 1. The van der Waals surface area contributed by atoms with E-state index in [-0.39, 0.29) is 16.4 Å². The Kier molecular flexibility index (Phi) is 6.90. The van der Waals surface area contributed by atoms with Gasteiger partial charge < -0.3 is 0 Å². The molecule has 0 aliphatic carbocycles. The number of carbonyl (C=O) groups is 1. The highest BCUT2D eigenvalue weighted by Gasteiger charge is 2.33. The summed E-state index contributed by atoms with van der Waals surface area (Å²) in [7, 11) is -3.43. The second-order valence-electron chi connectivity index (χ2n) is 7.47. The van der Waals surface area contributed by atoms with Gasteiger partial charge in [-0.1, -0.05) is 48.0 Å². The van der Waals surface area contributed by atoms with E-state index in [4.69, 9.17) is 0 Å². The maximum atomic E-state index is 13.5. The second kappa shape index (κ2) is 9.88. The van der Waals surface area contributed by atoms with E-state index in [0.29, 0.717) is 16.1 Å². The standard InChI is InChI=1S/C24H18F3N3O3S2/c1-15-7-10-18(11-8-15)30(35(32)33)21-13-17(24(25,26)27)9-12-19(21)22(31)29-23-28-20(14-34-23)16-5-3-2-4-6-16/h2-14,35H,1H3,(H,28,29,31). The lowest BCUT2D eigenvalue weighted by molar-refractivity contribution is -0.137. The molecule has 180 valence electrons. The quantitative estimate of drug-likeness (QED) is 0.305. The van der Waals surface area contributed by atoms with Crippen LogP contribution < -0.4 is 9.62 Å². The van der Waals surface area contributed by atoms with Gasteiger partial charge in [-0.15, -0.1) is 11.3 Å². The van der Waals surface area contributed by atoms with Gasteiger partial charge in [-0.2, -0.15) is 13.2 Å². The van der Waals surface area contributed by atoms with Gasteiger partial charge in [0.15, 0.2) is 5.13 Å². The number of hydrogen-bond acceptors (Lipinski definition) is 5. The molecule has 1 heterocycles. The predicted molar refractivity (Wildman–Crippen MR) is 131 cm³/mol. The van der Waals surface area contributed by atoms with Crippen LogP contribution in [0.5, 0.6) is 0 Å². The summed E-state index contributed by atoms with van der Waals surface area (Å²) in [4.78, 5) is 17.5. The molecule has 35 heavy (non-hydrogen) atoms. The molecule has 0 aliphatic rings. The van der Waals surface area contributed by atoms with Crippen LogP contribution in [0.1, 0.15) is 21.5 Å². The number of hydrogen-bond donors (Lipinski definition) is 2. The molecule has 0 saturated heterocycles. The number of nitrogens with one attached hydrogen (secondary N) is 1. The van der Waals surface area contributed by atoms with Gasteiger partial charge in [-0.3, -0.25) is 10.1 Å². The number of thiazole rings is 1. The Morgan fingerprint density at radius 2 is 1.69 bits per heavy atom. The molecule has 0 aliphatic heterocycles. The molecular weight excluding hydrogens is 499 g/mol. The zero-order valence-electron chi connectivity index (χ0n) is 18.1. The van der Waals surface area contributed by atoms with Crippen LogP contribution >= 0.6 is 11.3 Å². The number of aryl methyl sites for hydroxylation is 1.